The van der Waals surface area contributed by atoms with E-state index in [1.165, 1.54) is 65.0 Å². The van der Waals surface area contributed by atoms with Gasteiger partial charge in [-0.3, -0.25) is 0 Å². The van der Waals surface area contributed by atoms with E-state index in [0.29, 0.717) is 0 Å². The van der Waals surface area contributed by atoms with E-state index in [9.17, 15) is 0 Å². The van der Waals surface area contributed by atoms with Crippen LogP contribution < -0.4 is 4.90 Å². The van der Waals surface area contributed by atoms with Crippen molar-refractivity contribution in [1.29, 1.82) is 0 Å². The molecule has 1 heterocycles. The number of anilines is 3. The molecular formula is C50H35NS. The summed E-state index contributed by atoms with van der Waals surface area (Å²) in [6.07, 6.45) is 0. The van der Waals surface area contributed by atoms with Gasteiger partial charge >= 0.3 is 0 Å². The predicted molar refractivity (Wildman–Crippen MR) is 224 cm³/mol. The number of benzene rings is 8. The molecule has 0 saturated carbocycles. The van der Waals surface area contributed by atoms with Crippen LogP contribution >= 0.6 is 11.3 Å². The van der Waals surface area contributed by atoms with E-state index in [0.717, 1.165) is 17.1 Å². The molecule has 52 heavy (non-hydrogen) atoms. The van der Waals surface area contributed by atoms with E-state index >= 15 is 0 Å². The number of rotatable bonds is 8. The Morgan fingerprint density at radius 2 is 0.577 bits per heavy atom. The Morgan fingerprint density at radius 3 is 0.962 bits per heavy atom. The first-order valence-corrected chi connectivity index (χ1v) is 18.5. The molecule has 0 fully saturated rings. The molecule has 0 bridgehead atoms. The zero-order chi connectivity index (χ0) is 34.7. The topological polar surface area (TPSA) is 3.24 Å². The molecular weight excluding hydrogens is 647 g/mol. The summed E-state index contributed by atoms with van der Waals surface area (Å²) < 4.78 is 1.31. The summed E-state index contributed by atoms with van der Waals surface area (Å²) in [5.74, 6) is 0. The molecule has 246 valence electrons. The van der Waals surface area contributed by atoms with Gasteiger partial charge in [-0.15, -0.1) is 11.3 Å². The molecule has 9 rings (SSSR count). The van der Waals surface area contributed by atoms with Crippen molar-refractivity contribution in [2.75, 3.05) is 4.90 Å². The van der Waals surface area contributed by atoms with Gasteiger partial charge in [0.05, 0.1) is 0 Å². The number of hydrogen-bond donors (Lipinski definition) is 0. The highest BCUT2D eigenvalue weighted by atomic mass is 32.1. The molecule has 9 aromatic rings. The van der Waals surface area contributed by atoms with Gasteiger partial charge in [-0.05, 0) is 104 Å². The van der Waals surface area contributed by atoms with Crippen LogP contribution in [0.5, 0.6) is 0 Å². The van der Waals surface area contributed by atoms with E-state index < -0.39 is 0 Å². The van der Waals surface area contributed by atoms with Crippen LogP contribution in [0.4, 0.5) is 17.1 Å². The Kier molecular flexibility index (Phi) is 8.50. The third-order valence-electron chi connectivity index (χ3n) is 9.74. The molecule has 0 aliphatic carbocycles. The van der Waals surface area contributed by atoms with E-state index in [2.05, 4.69) is 217 Å². The second-order valence-electron chi connectivity index (χ2n) is 13.0. The Morgan fingerprint density at radius 1 is 0.269 bits per heavy atom. The highest BCUT2D eigenvalue weighted by Crippen LogP contribution is 2.39. The second-order valence-corrected chi connectivity index (χ2v) is 14.1. The molecule has 0 spiro atoms. The van der Waals surface area contributed by atoms with E-state index in [1.807, 2.05) is 11.3 Å². The second kappa shape index (κ2) is 14.0. The molecule has 1 aromatic heterocycles. The molecule has 0 N–H and O–H groups in total. The number of hydrogen-bond acceptors (Lipinski definition) is 2. The van der Waals surface area contributed by atoms with Gasteiger partial charge in [0.2, 0.25) is 0 Å². The lowest BCUT2D eigenvalue weighted by Crippen LogP contribution is -2.09. The van der Waals surface area contributed by atoms with Crippen molar-refractivity contribution >= 4 is 38.5 Å². The minimum Gasteiger partial charge on any atom is -0.311 e. The largest absolute Gasteiger partial charge is 0.311 e. The molecule has 2 heteroatoms. The lowest BCUT2D eigenvalue weighted by molar-refractivity contribution is 1.28. The van der Waals surface area contributed by atoms with Crippen molar-refractivity contribution in [3.8, 4) is 54.9 Å². The van der Waals surface area contributed by atoms with Crippen LogP contribution in [-0.4, -0.2) is 0 Å². The summed E-state index contributed by atoms with van der Waals surface area (Å²) >= 11 is 1.84. The minimum absolute atomic E-state index is 1.11. The fourth-order valence-corrected chi connectivity index (χ4v) is 7.99. The van der Waals surface area contributed by atoms with Crippen LogP contribution in [0.2, 0.25) is 0 Å². The normalized spacial score (nSPS) is 11.1. The van der Waals surface area contributed by atoms with Crippen molar-refractivity contribution in [3.63, 3.8) is 0 Å². The first-order chi connectivity index (χ1) is 25.7. The van der Waals surface area contributed by atoms with Gasteiger partial charge < -0.3 is 4.90 Å². The molecule has 0 atom stereocenters. The van der Waals surface area contributed by atoms with Crippen molar-refractivity contribution in [2.24, 2.45) is 0 Å². The quantitative estimate of drug-likeness (QED) is 0.154. The number of thiophene rings is 1. The average molecular weight is 682 g/mol. The monoisotopic (exact) mass is 681 g/mol. The molecule has 0 amide bonds. The molecule has 0 aliphatic rings. The maximum absolute atomic E-state index is 2.35. The lowest BCUT2D eigenvalue weighted by atomic mass is 9.99. The maximum atomic E-state index is 2.35. The predicted octanol–water partition coefficient (Wildman–Crippen LogP) is 14.7. The fraction of sp³-hybridized carbons (Fsp3) is 0. The first kappa shape index (κ1) is 31.5. The average Bonchev–Trinajstić information content (AvgIpc) is 3.67. The van der Waals surface area contributed by atoms with Gasteiger partial charge in [0.1, 0.15) is 0 Å². The number of nitrogens with zero attached hydrogens (tertiary/aromatic N) is 1. The minimum atomic E-state index is 1.11. The summed E-state index contributed by atoms with van der Waals surface area (Å²) in [6, 6.07) is 76.5. The summed E-state index contributed by atoms with van der Waals surface area (Å²) in [5, 5.41) is 1.29. The zero-order valence-corrected chi connectivity index (χ0v) is 29.4. The number of fused-ring (bicyclic) bond motifs is 1. The maximum Gasteiger partial charge on any atom is 0.0462 e. The van der Waals surface area contributed by atoms with Crippen molar-refractivity contribution < 1.29 is 0 Å². The molecule has 0 unspecified atom stereocenters. The van der Waals surface area contributed by atoms with E-state index in [1.54, 1.807) is 0 Å². The van der Waals surface area contributed by atoms with Gasteiger partial charge in [-0.25, -0.2) is 0 Å². The fourth-order valence-electron chi connectivity index (χ4n) is 6.92. The summed E-state index contributed by atoms with van der Waals surface area (Å²) in [7, 11) is 0. The first-order valence-electron chi connectivity index (χ1n) is 17.7. The van der Waals surface area contributed by atoms with Crippen LogP contribution in [0.25, 0.3) is 65.0 Å². The van der Waals surface area contributed by atoms with Crippen molar-refractivity contribution in [1.82, 2.24) is 0 Å². The Bertz CT molecular complexity index is 2390. The Labute approximate surface area is 309 Å². The van der Waals surface area contributed by atoms with Gasteiger partial charge in [0.15, 0.2) is 0 Å². The summed E-state index contributed by atoms with van der Waals surface area (Å²) in [5.41, 5.74) is 14.3. The smallest absolute Gasteiger partial charge is 0.0462 e. The lowest BCUT2D eigenvalue weighted by Gasteiger charge is -2.26. The molecule has 0 radical (unpaired) electrons. The highest BCUT2D eigenvalue weighted by molar-refractivity contribution is 7.22. The SMILES string of the molecule is c1ccc(-c2ccc(-c3ccc(N(c4ccc(-c5ccc(-c6ccccc6)cc5)cc4)c4ccc(-c5cc6ccccc6s5)cc4)cc3)cc2)cc1. The third kappa shape index (κ3) is 6.44. The molecule has 8 aromatic carbocycles. The van der Waals surface area contributed by atoms with Gasteiger partial charge in [-0.2, -0.15) is 0 Å². The third-order valence-corrected chi connectivity index (χ3v) is 10.9. The van der Waals surface area contributed by atoms with Crippen LogP contribution in [0.15, 0.2) is 212 Å². The van der Waals surface area contributed by atoms with Gasteiger partial charge in [0, 0.05) is 26.6 Å². The van der Waals surface area contributed by atoms with Gasteiger partial charge in [-0.1, -0.05) is 164 Å². The summed E-state index contributed by atoms with van der Waals surface area (Å²) in [6.45, 7) is 0. The van der Waals surface area contributed by atoms with Crippen LogP contribution in [-0.2, 0) is 0 Å². The Hall–Kier alpha value is -6.48. The van der Waals surface area contributed by atoms with Crippen LogP contribution in [0, 0.1) is 0 Å². The van der Waals surface area contributed by atoms with Crippen molar-refractivity contribution in [3.05, 3.63) is 212 Å². The summed E-state index contributed by atoms with van der Waals surface area (Å²) in [4.78, 5) is 3.63. The standard InChI is InChI=1S/C50H35NS/c1-3-9-36(10-4-1)38-15-19-40(20-16-38)42-23-29-46(30-24-42)51(48-33-27-44(28-34-48)50-35-45-13-7-8-14-49(45)52-50)47-31-25-43(26-32-47)41-21-17-39(18-22-41)37-11-5-2-6-12-37/h1-35H. The molecule has 0 saturated heterocycles. The van der Waals surface area contributed by atoms with Crippen molar-refractivity contribution in [2.45, 2.75) is 0 Å². The Balaban J connectivity index is 1.03. The molecule has 0 aliphatic heterocycles. The van der Waals surface area contributed by atoms with E-state index in [-0.39, 0.29) is 0 Å². The van der Waals surface area contributed by atoms with E-state index in [4.69, 9.17) is 0 Å². The highest BCUT2D eigenvalue weighted by Gasteiger charge is 2.15. The zero-order valence-electron chi connectivity index (χ0n) is 28.6. The van der Waals surface area contributed by atoms with Gasteiger partial charge in [0.25, 0.3) is 0 Å². The van der Waals surface area contributed by atoms with Crippen LogP contribution in [0.3, 0.4) is 0 Å². The molecule has 1 nitrogen and oxygen atoms in total. The van der Waals surface area contributed by atoms with Crippen LogP contribution in [0.1, 0.15) is 0 Å².